The third-order valence-electron chi connectivity index (χ3n) is 4.76. The minimum absolute atomic E-state index is 0.227. The Kier molecular flexibility index (Phi) is 5.94. The number of nitrogens with one attached hydrogen (secondary N) is 1. The fraction of sp³-hybridized carbons (Fsp3) is 0.750. The van der Waals surface area contributed by atoms with E-state index in [4.69, 9.17) is 9.84 Å². The molecule has 1 aliphatic heterocycles. The zero-order valence-corrected chi connectivity index (χ0v) is 15.2. The van der Waals surface area contributed by atoms with Gasteiger partial charge in [0.05, 0.1) is 0 Å². The van der Waals surface area contributed by atoms with Crippen molar-refractivity contribution in [3.8, 4) is 0 Å². The van der Waals surface area contributed by atoms with Crippen LogP contribution in [0.25, 0.3) is 0 Å². The van der Waals surface area contributed by atoms with Gasteiger partial charge in [0.2, 0.25) is 0 Å². The van der Waals surface area contributed by atoms with Gasteiger partial charge in [-0.2, -0.15) is 0 Å². The standard InChI is InChI=1S/C16H24N2O5Se/c19-8-13-12(20)6-14(23-13)18-7-10(15(21)17-16(18)22)9-24-11-4-2-1-3-5-11/h7,11-14,19-20H,1-6,8-9H2,(H,17,21,22)/t12-,13+,14+/m0/s1. The molecule has 2 heterocycles. The summed E-state index contributed by atoms with van der Waals surface area (Å²) < 4.78 is 6.86. The molecule has 1 saturated heterocycles. The second-order valence-corrected chi connectivity index (χ2v) is 9.21. The molecule has 8 heteroatoms. The predicted octanol–water partition coefficient (Wildman–Crippen LogP) is 0.134. The number of H-pyrrole nitrogens is 1. The number of aromatic nitrogens is 2. The van der Waals surface area contributed by atoms with E-state index in [1.807, 2.05) is 0 Å². The number of rotatable bonds is 5. The van der Waals surface area contributed by atoms with Gasteiger partial charge in [-0.1, -0.05) is 0 Å². The van der Waals surface area contributed by atoms with Crippen LogP contribution >= 0.6 is 0 Å². The summed E-state index contributed by atoms with van der Waals surface area (Å²) in [6.45, 7) is -0.298. The van der Waals surface area contributed by atoms with E-state index in [2.05, 4.69) is 4.98 Å². The summed E-state index contributed by atoms with van der Waals surface area (Å²) in [6.07, 6.45) is 6.00. The molecule has 7 nitrogen and oxygen atoms in total. The van der Waals surface area contributed by atoms with Crippen LogP contribution < -0.4 is 11.2 Å². The van der Waals surface area contributed by atoms with Gasteiger partial charge in [0.25, 0.3) is 0 Å². The summed E-state index contributed by atoms with van der Waals surface area (Å²) >= 11 is 0.347. The Bertz CT molecular complexity index is 667. The van der Waals surface area contributed by atoms with E-state index in [0.29, 0.717) is 30.7 Å². The van der Waals surface area contributed by atoms with Gasteiger partial charge < -0.3 is 0 Å². The van der Waals surface area contributed by atoms with Crippen molar-refractivity contribution in [3.63, 3.8) is 0 Å². The van der Waals surface area contributed by atoms with Gasteiger partial charge >= 0.3 is 146 Å². The molecular formula is C16H24N2O5Se. The molecule has 3 atom stereocenters. The zero-order chi connectivity index (χ0) is 17.1. The van der Waals surface area contributed by atoms with Crippen molar-refractivity contribution in [2.24, 2.45) is 0 Å². The van der Waals surface area contributed by atoms with Gasteiger partial charge in [-0.15, -0.1) is 0 Å². The monoisotopic (exact) mass is 404 g/mol. The SMILES string of the molecule is O=c1[nH]c(=O)n([C@H]2C[C@H](O)[C@@H](CO)O2)cc1C[Se]C1CCCCC1. The van der Waals surface area contributed by atoms with Crippen LogP contribution in [0.5, 0.6) is 0 Å². The van der Waals surface area contributed by atoms with Gasteiger partial charge in [-0.3, -0.25) is 0 Å². The molecule has 0 radical (unpaired) electrons. The van der Waals surface area contributed by atoms with E-state index in [1.54, 1.807) is 6.20 Å². The molecule has 1 aliphatic carbocycles. The second kappa shape index (κ2) is 7.97. The molecule has 0 unspecified atom stereocenters. The molecule has 0 spiro atoms. The van der Waals surface area contributed by atoms with Crippen molar-refractivity contribution in [2.45, 2.75) is 67.1 Å². The number of aromatic amines is 1. The number of ether oxygens (including phenoxy) is 1. The van der Waals surface area contributed by atoms with Crippen LogP contribution in [0.2, 0.25) is 4.82 Å². The van der Waals surface area contributed by atoms with Crippen LogP contribution in [0.4, 0.5) is 0 Å². The number of aliphatic hydroxyl groups excluding tert-OH is 2. The van der Waals surface area contributed by atoms with Gasteiger partial charge in [-0.25, -0.2) is 0 Å². The van der Waals surface area contributed by atoms with E-state index < -0.39 is 24.1 Å². The second-order valence-electron chi connectivity index (χ2n) is 6.51. The summed E-state index contributed by atoms with van der Waals surface area (Å²) in [5.74, 6) is 0. The summed E-state index contributed by atoms with van der Waals surface area (Å²) in [6, 6.07) is 0. The van der Waals surface area contributed by atoms with Crippen LogP contribution in [-0.2, 0) is 10.1 Å². The number of aliphatic hydroxyl groups is 2. The molecule has 2 aliphatic rings. The molecular weight excluding hydrogens is 379 g/mol. The fourth-order valence-electron chi connectivity index (χ4n) is 3.33. The quantitative estimate of drug-likeness (QED) is 0.607. The maximum absolute atomic E-state index is 12.1. The van der Waals surface area contributed by atoms with Crippen molar-refractivity contribution < 1.29 is 14.9 Å². The number of hydrogen-bond donors (Lipinski definition) is 3. The predicted molar refractivity (Wildman–Crippen MR) is 89.2 cm³/mol. The third-order valence-corrected chi connectivity index (χ3v) is 7.74. The minimum atomic E-state index is -0.811. The third kappa shape index (κ3) is 4.00. The molecule has 24 heavy (non-hydrogen) atoms. The average molecular weight is 403 g/mol. The van der Waals surface area contributed by atoms with E-state index in [0.717, 1.165) is 0 Å². The van der Waals surface area contributed by atoms with E-state index in [9.17, 15) is 14.7 Å². The molecule has 1 aromatic heterocycles. The first kappa shape index (κ1) is 17.9. The molecule has 2 fully saturated rings. The fourth-order valence-corrected chi connectivity index (χ4v) is 6.03. The first-order valence-corrected chi connectivity index (χ1v) is 10.7. The summed E-state index contributed by atoms with van der Waals surface area (Å²) in [5.41, 5.74) is -0.262. The van der Waals surface area contributed by atoms with Crippen LogP contribution in [0.3, 0.4) is 0 Å². The van der Waals surface area contributed by atoms with Crippen LogP contribution in [0.1, 0.15) is 50.3 Å². The Morgan fingerprint density at radius 1 is 1.29 bits per heavy atom. The zero-order valence-electron chi connectivity index (χ0n) is 13.5. The molecule has 3 rings (SSSR count). The maximum atomic E-state index is 12.1. The van der Waals surface area contributed by atoms with Crippen molar-refractivity contribution in [1.82, 2.24) is 9.55 Å². The summed E-state index contributed by atoms with van der Waals surface area (Å²) in [5, 5.41) is 19.7. The van der Waals surface area contributed by atoms with E-state index in [1.165, 1.54) is 36.7 Å². The van der Waals surface area contributed by atoms with Crippen molar-refractivity contribution in [3.05, 3.63) is 32.6 Å². The number of nitrogens with zero attached hydrogens (tertiary/aromatic N) is 1. The van der Waals surface area contributed by atoms with Crippen molar-refractivity contribution >= 4 is 15.0 Å². The van der Waals surface area contributed by atoms with Gasteiger partial charge in [0.15, 0.2) is 0 Å². The Morgan fingerprint density at radius 2 is 2.04 bits per heavy atom. The average Bonchev–Trinajstić information content (AvgIpc) is 2.95. The van der Waals surface area contributed by atoms with Crippen LogP contribution in [-0.4, -0.2) is 53.5 Å². The molecule has 1 saturated carbocycles. The Hall–Kier alpha value is -0.921. The first-order chi connectivity index (χ1) is 11.6. The summed E-state index contributed by atoms with van der Waals surface area (Å²) in [4.78, 5) is 27.2. The topological polar surface area (TPSA) is 105 Å². The first-order valence-electron chi connectivity index (χ1n) is 8.49. The molecule has 134 valence electrons. The molecule has 0 amide bonds. The van der Waals surface area contributed by atoms with Crippen molar-refractivity contribution in [2.75, 3.05) is 6.61 Å². The van der Waals surface area contributed by atoms with Crippen LogP contribution in [0, 0.1) is 0 Å². The van der Waals surface area contributed by atoms with E-state index in [-0.39, 0.29) is 18.6 Å². The Morgan fingerprint density at radius 3 is 2.71 bits per heavy atom. The van der Waals surface area contributed by atoms with E-state index >= 15 is 0 Å². The Balaban J connectivity index is 1.74. The molecule has 3 N–H and O–H groups in total. The normalized spacial score (nSPS) is 28.3. The van der Waals surface area contributed by atoms with Gasteiger partial charge in [-0.05, 0) is 0 Å². The van der Waals surface area contributed by atoms with Gasteiger partial charge in [0, 0.05) is 0 Å². The Labute approximate surface area is 146 Å². The molecule has 0 aromatic carbocycles. The van der Waals surface area contributed by atoms with Crippen molar-refractivity contribution in [1.29, 1.82) is 0 Å². The van der Waals surface area contributed by atoms with Crippen LogP contribution in [0.15, 0.2) is 15.8 Å². The number of hydrogen-bond acceptors (Lipinski definition) is 5. The molecule has 1 aromatic rings. The molecule has 0 bridgehead atoms. The summed E-state index contributed by atoms with van der Waals surface area (Å²) in [7, 11) is 0. The van der Waals surface area contributed by atoms with Gasteiger partial charge in [0.1, 0.15) is 0 Å².